The molecule has 0 spiro atoms. The molecule has 0 heterocycles. The van der Waals surface area contributed by atoms with Gasteiger partial charge in [0.05, 0.1) is 5.41 Å². The van der Waals surface area contributed by atoms with Crippen LogP contribution < -0.4 is 0 Å². The van der Waals surface area contributed by atoms with Crippen molar-refractivity contribution in [1.29, 1.82) is 0 Å². The van der Waals surface area contributed by atoms with Crippen LogP contribution in [0.15, 0.2) is 0 Å². The summed E-state index contributed by atoms with van der Waals surface area (Å²) < 4.78 is 44.9. The average Bonchev–Trinajstić information content (AvgIpc) is 2.33. The molecule has 70 valence electrons. The number of alkyl halides is 3. The highest BCUT2D eigenvalue weighted by atomic mass is 19.4. The molecule has 1 N–H and O–H groups in total. The molecule has 0 aromatic carbocycles. The Bertz CT molecular complexity index is 200. The van der Waals surface area contributed by atoms with E-state index in [4.69, 9.17) is 9.90 Å². The van der Waals surface area contributed by atoms with E-state index in [0.29, 0.717) is 12.8 Å². The minimum Gasteiger partial charge on any atom is -0.456 e. The molecule has 2 saturated carbocycles. The molecule has 0 aliphatic heterocycles. The Morgan fingerprint density at radius 2 is 1.67 bits per heavy atom. The molecule has 2 rings (SSSR count). The zero-order valence-corrected chi connectivity index (χ0v) is 5.86. The number of carbonyl (C=O) groups is 1. The fourth-order valence-corrected chi connectivity index (χ4v) is 1.16. The number of hydrogen-bond donors (Lipinski definition) is 1. The first-order valence-electron chi connectivity index (χ1n) is 3.25. The van der Waals surface area contributed by atoms with Gasteiger partial charge >= 0.3 is 12.4 Å². The van der Waals surface area contributed by atoms with Crippen molar-refractivity contribution in [3.63, 3.8) is 0 Å². The molecular formula is C6H6F4O2. The van der Waals surface area contributed by atoms with Crippen LogP contribution >= 0.6 is 0 Å². The van der Waals surface area contributed by atoms with E-state index < -0.39 is 17.8 Å². The van der Waals surface area contributed by atoms with Gasteiger partial charge in [-0.15, -0.1) is 4.39 Å². The Morgan fingerprint density at radius 1 is 1.42 bits per heavy atom. The lowest BCUT2D eigenvalue weighted by atomic mass is 10.2. The van der Waals surface area contributed by atoms with E-state index in [1.54, 1.807) is 0 Å². The summed E-state index contributed by atoms with van der Waals surface area (Å²) in [6.45, 7) is 0. The molecule has 2 nitrogen and oxygen atoms in total. The topological polar surface area (TPSA) is 37.3 Å². The van der Waals surface area contributed by atoms with E-state index in [-0.39, 0.29) is 5.92 Å². The number of fused-ring (bicyclic) bond motifs is 1. The minimum atomic E-state index is -3.88. The second-order valence-electron chi connectivity index (χ2n) is 3.01. The lowest BCUT2D eigenvalue weighted by Crippen LogP contribution is -2.15. The summed E-state index contributed by atoms with van der Waals surface area (Å²) in [5.74, 6) is 0.0301. The first-order chi connectivity index (χ1) is 5.29. The molecule has 0 bridgehead atoms. The predicted molar refractivity (Wildman–Crippen MR) is 30.3 cm³/mol. The minimum absolute atomic E-state index is 0.0301. The van der Waals surface area contributed by atoms with Crippen LogP contribution in [0.1, 0.15) is 12.8 Å². The van der Waals surface area contributed by atoms with E-state index in [2.05, 4.69) is 0 Å². The van der Waals surface area contributed by atoms with Crippen molar-refractivity contribution in [1.82, 2.24) is 0 Å². The van der Waals surface area contributed by atoms with Crippen molar-refractivity contribution in [2.45, 2.75) is 19.0 Å². The lowest BCUT2D eigenvalue weighted by molar-refractivity contribution is -0.167. The zero-order chi connectivity index (χ0) is 9.57. The molecule has 0 atom stereocenters. The van der Waals surface area contributed by atoms with Crippen LogP contribution in [0, 0.1) is 11.3 Å². The van der Waals surface area contributed by atoms with Gasteiger partial charge in [0.1, 0.15) is 0 Å². The largest absolute Gasteiger partial charge is 0.492 e. The molecular weight excluding hydrogens is 180 g/mol. The summed E-state index contributed by atoms with van der Waals surface area (Å²) in [7, 11) is 0. The van der Waals surface area contributed by atoms with Gasteiger partial charge in [-0.1, -0.05) is 0 Å². The monoisotopic (exact) mass is 186 g/mol. The van der Waals surface area contributed by atoms with Crippen molar-refractivity contribution >= 4 is 6.22 Å². The molecule has 0 saturated heterocycles. The number of carboxylic acid groups (broad SMARTS) is 1. The quantitative estimate of drug-likeness (QED) is 0.466. The number of rotatable bonds is 0. The molecule has 0 aromatic rings. The third kappa shape index (κ3) is 1.51. The Labute approximate surface area is 65.2 Å². The average molecular weight is 186 g/mol. The summed E-state index contributed by atoms with van der Waals surface area (Å²) in [4.78, 5) is 8.33. The third-order valence-electron chi connectivity index (χ3n) is 2.25. The smallest absolute Gasteiger partial charge is 0.456 e. The van der Waals surface area contributed by atoms with Gasteiger partial charge in [0, 0.05) is 0 Å². The van der Waals surface area contributed by atoms with Gasteiger partial charge in [0.2, 0.25) is 0 Å². The van der Waals surface area contributed by atoms with Crippen LogP contribution in [-0.4, -0.2) is 17.5 Å². The van der Waals surface area contributed by atoms with E-state index in [0.717, 1.165) is 0 Å². The van der Waals surface area contributed by atoms with Gasteiger partial charge in [-0.05, 0) is 18.8 Å². The first kappa shape index (κ1) is 9.28. The van der Waals surface area contributed by atoms with Crippen molar-refractivity contribution in [3.8, 4) is 0 Å². The molecule has 2 fully saturated rings. The van der Waals surface area contributed by atoms with E-state index in [1.165, 1.54) is 0 Å². The number of halogens is 4. The summed E-state index contributed by atoms with van der Waals surface area (Å²) in [6, 6.07) is 0. The lowest BCUT2D eigenvalue weighted by Gasteiger charge is -2.06. The molecule has 0 unspecified atom stereocenters. The molecule has 6 heteroatoms. The maximum Gasteiger partial charge on any atom is 0.492 e. The van der Waals surface area contributed by atoms with Crippen molar-refractivity contribution < 1.29 is 27.5 Å². The molecule has 2 aliphatic carbocycles. The van der Waals surface area contributed by atoms with Crippen LogP contribution in [0.2, 0.25) is 0 Å². The summed E-state index contributed by atoms with van der Waals surface area (Å²) in [5, 5.41) is 6.75. The maximum absolute atomic E-state index is 11.7. The van der Waals surface area contributed by atoms with Crippen LogP contribution in [-0.2, 0) is 0 Å². The van der Waals surface area contributed by atoms with Gasteiger partial charge in [0.15, 0.2) is 0 Å². The fraction of sp³-hybridized carbons (Fsp3) is 0.833. The Balaban J connectivity index is 0.000000157. The highest BCUT2D eigenvalue weighted by molar-refractivity contribution is 5.54. The van der Waals surface area contributed by atoms with Gasteiger partial charge in [0.25, 0.3) is 0 Å². The van der Waals surface area contributed by atoms with Crippen molar-refractivity contribution in [2.24, 2.45) is 11.3 Å². The fourth-order valence-electron chi connectivity index (χ4n) is 1.16. The predicted octanol–water partition coefficient (Wildman–Crippen LogP) is 2.59. The van der Waals surface area contributed by atoms with E-state index in [1.807, 2.05) is 0 Å². The van der Waals surface area contributed by atoms with Crippen molar-refractivity contribution in [3.05, 3.63) is 0 Å². The molecule has 12 heavy (non-hydrogen) atoms. The summed E-state index contributed by atoms with van der Waals surface area (Å²) in [6.07, 6.45) is -5.38. The van der Waals surface area contributed by atoms with Crippen LogP contribution in [0.4, 0.5) is 22.4 Å². The van der Waals surface area contributed by atoms with Crippen LogP contribution in [0.3, 0.4) is 0 Å². The van der Waals surface area contributed by atoms with Gasteiger partial charge < -0.3 is 5.11 Å². The van der Waals surface area contributed by atoms with Crippen LogP contribution in [0.25, 0.3) is 0 Å². The highest BCUT2D eigenvalue weighted by Gasteiger charge is 2.82. The number of hydrogen-bond acceptors (Lipinski definition) is 1. The van der Waals surface area contributed by atoms with E-state index >= 15 is 0 Å². The summed E-state index contributed by atoms with van der Waals surface area (Å²) in [5.41, 5.74) is -1.15. The van der Waals surface area contributed by atoms with E-state index in [9.17, 15) is 17.6 Å². The Hall–Kier alpha value is -0.810. The third-order valence-corrected chi connectivity index (χ3v) is 2.25. The SMILES string of the molecule is FC(F)(F)C12CC1C2.O=C(O)F. The van der Waals surface area contributed by atoms with Gasteiger partial charge in [-0.25, -0.2) is 4.79 Å². The van der Waals surface area contributed by atoms with Gasteiger partial charge in [-0.2, -0.15) is 13.2 Å². The molecule has 0 aromatic heterocycles. The standard InChI is InChI=1S/C5H5F3.CHFO2/c6-5(7,8)4-1-3(4)2-4;2-1(3)4/h3H,1-2H2;(H,3,4). The Morgan fingerprint density at radius 3 is 1.67 bits per heavy atom. The van der Waals surface area contributed by atoms with Gasteiger partial charge in [-0.3, -0.25) is 0 Å². The Kier molecular flexibility index (Phi) is 1.81. The highest BCUT2D eigenvalue weighted by Crippen LogP contribution is 2.81. The molecule has 2 aliphatic rings. The maximum atomic E-state index is 11.7. The first-order valence-corrected chi connectivity index (χ1v) is 3.25. The second kappa shape index (κ2) is 2.34. The van der Waals surface area contributed by atoms with Crippen molar-refractivity contribution in [2.75, 3.05) is 0 Å². The normalized spacial score (nSPS) is 35.8. The summed E-state index contributed by atoms with van der Waals surface area (Å²) >= 11 is 0. The molecule has 0 radical (unpaired) electrons. The zero-order valence-electron chi connectivity index (χ0n) is 5.86. The molecule has 0 amide bonds. The van der Waals surface area contributed by atoms with Crippen LogP contribution in [0.5, 0.6) is 0 Å². The second-order valence-corrected chi connectivity index (χ2v) is 3.01.